The molecule has 3 heteroatoms. The molecule has 144 valence electrons. The average Bonchev–Trinajstić information content (AvgIpc) is 2.66. The molecule has 0 aliphatic heterocycles. The summed E-state index contributed by atoms with van der Waals surface area (Å²) < 4.78 is 4.60. The quantitative estimate of drug-likeness (QED) is 0.257. The van der Waals surface area contributed by atoms with E-state index in [2.05, 4.69) is 47.8 Å². The fourth-order valence-corrected chi connectivity index (χ4v) is 2.75. The largest absolute Gasteiger partial charge is 0.466 e. The van der Waals surface area contributed by atoms with E-state index in [1.54, 1.807) is 6.08 Å². The zero-order chi connectivity index (χ0) is 19.2. The van der Waals surface area contributed by atoms with Crippen molar-refractivity contribution in [1.29, 1.82) is 0 Å². The molecule has 26 heavy (non-hydrogen) atoms. The van der Waals surface area contributed by atoms with Gasteiger partial charge in [-0.1, -0.05) is 77.2 Å². The van der Waals surface area contributed by atoms with Gasteiger partial charge in [0.2, 0.25) is 0 Å². The van der Waals surface area contributed by atoms with Gasteiger partial charge in [0, 0.05) is 23.4 Å². The number of hydrogen-bond donors (Lipinski definition) is 1. The molecule has 1 aromatic carbocycles. The van der Waals surface area contributed by atoms with Gasteiger partial charge in [0.1, 0.15) is 0 Å². The molecule has 3 nitrogen and oxygen atoms in total. The van der Waals surface area contributed by atoms with Gasteiger partial charge in [0.05, 0.1) is 7.11 Å². The number of esters is 1. The van der Waals surface area contributed by atoms with E-state index in [9.17, 15) is 4.79 Å². The van der Waals surface area contributed by atoms with Crippen molar-refractivity contribution in [3.05, 3.63) is 54.3 Å². The van der Waals surface area contributed by atoms with Crippen molar-refractivity contribution in [3.63, 3.8) is 0 Å². The summed E-state index contributed by atoms with van der Waals surface area (Å²) >= 11 is 0. The minimum atomic E-state index is -0.348. The molecule has 0 heterocycles. The third kappa shape index (κ3) is 9.45. The Labute approximate surface area is 159 Å². The smallest absolute Gasteiger partial charge is 0.330 e. The average molecular weight is 358 g/mol. The second kappa shape index (κ2) is 13.2. The normalized spacial score (nSPS) is 12.1. The van der Waals surface area contributed by atoms with Crippen LogP contribution in [0.15, 0.2) is 48.7 Å². The molecule has 1 aromatic rings. The predicted molar refractivity (Wildman–Crippen MR) is 111 cm³/mol. The molecule has 1 N–H and O–H groups in total. The standard InChI is InChI=1S/C23H35NO2/c1-5-6-7-8-9-10-11-12-21-14-16-22(17-15-21)24-20(3)19(2)13-18-23(25)26-4/h13-19,24H,3,5-12H2,1-2,4H3/b18-13+/t19-/m0/s1. The number of nitrogens with one attached hydrogen (secondary N) is 1. The molecule has 0 aliphatic carbocycles. The van der Waals surface area contributed by atoms with Gasteiger partial charge in [-0.3, -0.25) is 0 Å². The summed E-state index contributed by atoms with van der Waals surface area (Å²) in [5.41, 5.74) is 3.26. The molecule has 0 spiro atoms. The Hall–Kier alpha value is -2.03. The minimum absolute atomic E-state index is 0.0430. The Morgan fingerprint density at radius 2 is 1.73 bits per heavy atom. The number of hydrogen-bond acceptors (Lipinski definition) is 3. The molecule has 0 unspecified atom stereocenters. The first kappa shape index (κ1) is 22.0. The van der Waals surface area contributed by atoms with Crippen LogP contribution in [-0.4, -0.2) is 13.1 Å². The highest BCUT2D eigenvalue weighted by molar-refractivity contribution is 5.81. The summed E-state index contributed by atoms with van der Waals surface area (Å²) in [5, 5.41) is 3.31. The molecule has 0 saturated carbocycles. The van der Waals surface area contributed by atoms with E-state index >= 15 is 0 Å². The maximum Gasteiger partial charge on any atom is 0.330 e. The van der Waals surface area contributed by atoms with E-state index in [-0.39, 0.29) is 11.9 Å². The summed E-state index contributed by atoms with van der Waals surface area (Å²) in [6, 6.07) is 8.56. The third-order valence-electron chi connectivity index (χ3n) is 4.60. The summed E-state index contributed by atoms with van der Waals surface area (Å²) in [4.78, 5) is 11.1. The lowest BCUT2D eigenvalue weighted by Crippen LogP contribution is -2.06. The molecule has 0 saturated heterocycles. The van der Waals surface area contributed by atoms with Crippen LogP contribution in [0.3, 0.4) is 0 Å². The third-order valence-corrected chi connectivity index (χ3v) is 4.60. The minimum Gasteiger partial charge on any atom is -0.466 e. The first-order chi connectivity index (χ1) is 12.6. The van der Waals surface area contributed by atoms with Crippen LogP contribution in [0.5, 0.6) is 0 Å². The number of ether oxygens (including phenoxy) is 1. The number of aryl methyl sites for hydroxylation is 1. The molecule has 1 atom stereocenters. The van der Waals surface area contributed by atoms with E-state index in [0.29, 0.717) is 0 Å². The van der Waals surface area contributed by atoms with Crippen molar-refractivity contribution < 1.29 is 9.53 Å². The van der Waals surface area contributed by atoms with Gasteiger partial charge in [-0.15, -0.1) is 0 Å². The first-order valence-electron chi connectivity index (χ1n) is 9.87. The van der Waals surface area contributed by atoms with Gasteiger partial charge in [0.15, 0.2) is 0 Å². The molecule has 0 amide bonds. The van der Waals surface area contributed by atoms with Gasteiger partial charge in [-0.2, -0.15) is 0 Å². The molecule has 0 aliphatic rings. The fraction of sp³-hybridized carbons (Fsp3) is 0.522. The number of anilines is 1. The molecule has 0 aromatic heterocycles. The van der Waals surface area contributed by atoms with Crippen LogP contribution in [0.1, 0.15) is 64.4 Å². The van der Waals surface area contributed by atoms with Crippen LogP contribution < -0.4 is 5.32 Å². The Morgan fingerprint density at radius 3 is 2.35 bits per heavy atom. The number of methoxy groups -OCH3 is 1. The Morgan fingerprint density at radius 1 is 1.12 bits per heavy atom. The fourth-order valence-electron chi connectivity index (χ4n) is 2.75. The maximum absolute atomic E-state index is 11.1. The van der Waals surface area contributed by atoms with E-state index < -0.39 is 0 Å². The van der Waals surface area contributed by atoms with E-state index in [4.69, 9.17) is 0 Å². The van der Waals surface area contributed by atoms with Gasteiger partial charge < -0.3 is 10.1 Å². The summed E-state index contributed by atoms with van der Waals surface area (Å²) in [6.45, 7) is 8.30. The van der Waals surface area contributed by atoms with Gasteiger partial charge in [-0.05, 0) is 30.5 Å². The van der Waals surface area contributed by atoms with E-state index in [1.165, 1.54) is 63.7 Å². The van der Waals surface area contributed by atoms with Crippen molar-refractivity contribution in [3.8, 4) is 0 Å². The van der Waals surface area contributed by atoms with Crippen LogP contribution in [0.4, 0.5) is 5.69 Å². The zero-order valence-corrected chi connectivity index (χ0v) is 16.7. The summed E-state index contributed by atoms with van der Waals surface area (Å²) in [7, 11) is 1.37. The lowest BCUT2D eigenvalue weighted by molar-refractivity contribution is -0.134. The van der Waals surface area contributed by atoms with Crippen LogP contribution in [0, 0.1) is 5.92 Å². The Bertz CT molecular complexity index is 560. The second-order valence-electron chi connectivity index (χ2n) is 6.89. The Kier molecular flexibility index (Phi) is 11.2. The number of carbonyl (C=O) groups is 1. The molecular weight excluding hydrogens is 322 g/mol. The number of carbonyl (C=O) groups excluding carboxylic acids is 1. The molecule has 1 rings (SSSR count). The monoisotopic (exact) mass is 357 g/mol. The predicted octanol–water partition coefficient (Wildman–Crippen LogP) is 6.27. The SMILES string of the molecule is C=C(Nc1ccc(CCCCCCCCC)cc1)[C@@H](C)/C=C/C(=O)OC. The van der Waals surface area contributed by atoms with E-state index in [1.807, 2.05) is 6.92 Å². The van der Waals surface area contributed by atoms with Gasteiger partial charge >= 0.3 is 5.97 Å². The highest BCUT2D eigenvalue weighted by Gasteiger charge is 2.05. The summed E-state index contributed by atoms with van der Waals surface area (Å²) in [6.07, 6.45) is 13.8. The van der Waals surface area contributed by atoms with Crippen LogP contribution >= 0.6 is 0 Å². The van der Waals surface area contributed by atoms with Crippen LogP contribution in [0.2, 0.25) is 0 Å². The maximum atomic E-state index is 11.1. The molecular formula is C23H35NO2. The lowest BCUT2D eigenvalue weighted by atomic mass is 10.0. The number of rotatable bonds is 13. The van der Waals surface area contributed by atoms with Crippen molar-refractivity contribution in [1.82, 2.24) is 0 Å². The van der Waals surface area contributed by atoms with Gasteiger partial charge in [-0.25, -0.2) is 4.79 Å². The molecule has 0 bridgehead atoms. The number of unbranched alkanes of at least 4 members (excludes halogenated alkanes) is 6. The van der Waals surface area contributed by atoms with E-state index in [0.717, 1.165) is 17.8 Å². The zero-order valence-electron chi connectivity index (χ0n) is 16.7. The molecule has 0 radical (unpaired) electrons. The van der Waals surface area contributed by atoms with Crippen molar-refractivity contribution >= 4 is 11.7 Å². The lowest BCUT2D eigenvalue weighted by Gasteiger charge is -2.14. The summed E-state index contributed by atoms with van der Waals surface area (Å²) in [5.74, 6) is -0.305. The number of allylic oxidation sites excluding steroid dienone is 1. The second-order valence-corrected chi connectivity index (χ2v) is 6.89. The van der Waals surface area contributed by atoms with Gasteiger partial charge in [0.25, 0.3) is 0 Å². The van der Waals surface area contributed by atoms with Crippen molar-refractivity contribution in [2.75, 3.05) is 12.4 Å². The first-order valence-corrected chi connectivity index (χ1v) is 9.87. The van der Waals surface area contributed by atoms with Crippen LogP contribution in [0.25, 0.3) is 0 Å². The molecule has 0 fully saturated rings. The Balaban J connectivity index is 2.32. The number of benzene rings is 1. The topological polar surface area (TPSA) is 38.3 Å². The highest BCUT2D eigenvalue weighted by atomic mass is 16.5. The van der Waals surface area contributed by atoms with Crippen LogP contribution in [-0.2, 0) is 16.0 Å². The van der Waals surface area contributed by atoms with Crippen molar-refractivity contribution in [2.45, 2.75) is 65.2 Å². The van der Waals surface area contributed by atoms with Crippen molar-refractivity contribution in [2.24, 2.45) is 5.92 Å². The highest BCUT2D eigenvalue weighted by Crippen LogP contribution is 2.18.